The Morgan fingerprint density at radius 2 is 1.77 bits per heavy atom. The van der Waals surface area contributed by atoms with Gasteiger partial charge in [0.15, 0.2) is 0 Å². The molecule has 1 aromatic rings. The van der Waals surface area contributed by atoms with Crippen LogP contribution in [0.5, 0.6) is 0 Å². The Hall–Kier alpha value is -0.770. The Balaban J connectivity index is 0.00000242. The van der Waals surface area contributed by atoms with E-state index in [-0.39, 0.29) is 36.2 Å². The number of amides is 1. The summed E-state index contributed by atoms with van der Waals surface area (Å²) in [5.41, 5.74) is 1.21. The second kappa shape index (κ2) is 8.19. The molecule has 1 aliphatic heterocycles. The van der Waals surface area contributed by atoms with Gasteiger partial charge in [0.05, 0.1) is 0 Å². The topological polar surface area (TPSA) is 32.3 Å². The van der Waals surface area contributed by atoms with Crippen LogP contribution in [-0.4, -0.2) is 37.0 Å². The van der Waals surface area contributed by atoms with Gasteiger partial charge in [-0.3, -0.25) is 4.79 Å². The van der Waals surface area contributed by atoms with E-state index < -0.39 is 0 Å². The molecule has 0 bridgehead atoms. The molecule has 1 amide bonds. The summed E-state index contributed by atoms with van der Waals surface area (Å²) < 4.78 is 0. The normalized spacial score (nSPS) is 18.6. The first kappa shape index (κ1) is 19.3. The first-order valence-corrected chi connectivity index (χ1v) is 8.02. The molecule has 0 aliphatic carbocycles. The Kier molecular flexibility index (Phi) is 7.17. The SMILES string of the molecule is CC(C(=O)N(C)C(C)C(C)c1ccc(Cl)cc1)C1CNC1.Cl. The summed E-state index contributed by atoms with van der Waals surface area (Å²) in [7, 11) is 1.92. The lowest BCUT2D eigenvalue weighted by Crippen LogP contribution is -2.51. The molecule has 124 valence electrons. The molecule has 3 atom stereocenters. The quantitative estimate of drug-likeness (QED) is 0.885. The minimum atomic E-state index is 0. The van der Waals surface area contributed by atoms with Crippen LogP contribution >= 0.6 is 24.0 Å². The molecule has 1 aromatic carbocycles. The van der Waals surface area contributed by atoms with E-state index in [9.17, 15) is 4.79 Å². The van der Waals surface area contributed by atoms with Crippen molar-refractivity contribution < 1.29 is 4.79 Å². The Labute approximate surface area is 144 Å². The van der Waals surface area contributed by atoms with E-state index in [1.807, 2.05) is 43.1 Å². The fourth-order valence-corrected chi connectivity index (χ4v) is 2.89. The molecule has 0 spiro atoms. The van der Waals surface area contributed by atoms with Gasteiger partial charge in [0.2, 0.25) is 5.91 Å². The zero-order valence-corrected chi connectivity index (χ0v) is 15.2. The van der Waals surface area contributed by atoms with Crippen LogP contribution in [0.3, 0.4) is 0 Å². The van der Waals surface area contributed by atoms with E-state index in [4.69, 9.17) is 11.6 Å². The second-order valence-corrected chi connectivity index (χ2v) is 6.67. The average molecular weight is 345 g/mol. The molecular weight excluding hydrogens is 319 g/mol. The van der Waals surface area contributed by atoms with Gasteiger partial charge in [-0.1, -0.05) is 37.6 Å². The predicted octanol–water partition coefficient (Wildman–Crippen LogP) is 3.57. The van der Waals surface area contributed by atoms with Crippen molar-refractivity contribution in [1.29, 1.82) is 0 Å². The number of nitrogens with one attached hydrogen (secondary N) is 1. The number of hydrogen-bond donors (Lipinski definition) is 1. The number of halogens is 2. The van der Waals surface area contributed by atoms with Crippen LogP contribution in [0.25, 0.3) is 0 Å². The van der Waals surface area contributed by atoms with Gasteiger partial charge in [-0.05, 0) is 43.6 Å². The van der Waals surface area contributed by atoms with E-state index >= 15 is 0 Å². The standard InChI is InChI=1S/C17H25ClN2O.ClH/c1-11(14-5-7-16(18)8-6-14)13(3)20(4)17(21)12(2)15-9-19-10-15;/h5-8,11-13,15,19H,9-10H2,1-4H3;1H. The van der Waals surface area contributed by atoms with Gasteiger partial charge < -0.3 is 10.2 Å². The third-order valence-corrected chi connectivity index (χ3v) is 5.24. The van der Waals surface area contributed by atoms with Gasteiger partial charge in [-0.25, -0.2) is 0 Å². The van der Waals surface area contributed by atoms with E-state index in [0.717, 1.165) is 18.1 Å². The molecule has 22 heavy (non-hydrogen) atoms. The molecule has 0 radical (unpaired) electrons. The maximum Gasteiger partial charge on any atom is 0.225 e. The lowest BCUT2D eigenvalue weighted by molar-refractivity contribution is -0.138. The minimum Gasteiger partial charge on any atom is -0.342 e. The van der Waals surface area contributed by atoms with Crippen LogP contribution in [0.1, 0.15) is 32.3 Å². The summed E-state index contributed by atoms with van der Waals surface area (Å²) in [4.78, 5) is 14.5. The molecular formula is C17H26Cl2N2O. The second-order valence-electron chi connectivity index (χ2n) is 6.24. The molecule has 1 heterocycles. The summed E-state index contributed by atoms with van der Waals surface area (Å²) in [5.74, 6) is 1.10. The van der Waals surface area contributed by atoms with Crippen molar-refractivity contribution in [2.24, 2.45) is 11.8 Å². The zero-order chi connectivity index (χ0) is 15.6. The van der Waals surface area contributed by atoms with Gasteiger partial charge in [0, 0.05) is 29.9 Å². The fourth-order valence-electron chi connectivity index (χ4n) is 2.77. The number of benzene rings is 1. The Bertz CT molecular complexity index is 488. The maximum atomic E-state index is 12.6. The Morgan fingerprint density at radius 3 is 2.23 bits per heavy atom. The van der Waals surface area contributed by atoms with Crippen LogP contribution in [0, 0.1) is 11.8 Å². The summed E-state index contributed by atoms with van der Waals surface area (Å²) >= 11 is 5.94. The molecule has 3 nitrogen and oxygen atoms in total. The van der Waals surface area contributed by atoms with Crippen LogP contribution < -0.4 is 5.32 Å². The highest BCUT2D eigenvalue weighted by Crippen LogP contribution is 2.26. The number of hydrogen-bond acceptors (Lipinski definition) is 2. The number of likely N-dealkylation sites (N-methyl/N-ethyl adjacent to an activating group) is 1. The lowest BCUT2D eigenvalue weighted by atomic mass is 9.86. The van der Waals surface area contributed by atoms with E-state index in [1.165, 1.54) is 5.56 Å². The molecule has 5 heteroatoms. The molecule has 1 aliphatic rings. The van der Waals surface area contributed by atoms with E-state index in [2.05, 4.69) is 19.2 Å². The van der Waals surface area contributed by atoms with Gasteiger partial charge in [-0.2, -0.15) is 0 Å². The van der Waals surface area contributed by atoms with Crippen molar-refractivity contribution in [3.63, 3.8) is 0 Å². The van der Waals surface area contributed by atoms with E-state index in [1.54, 1.807) is 0 Å². The van der Waals surface area contributed by atoms with Crippen molar-refractivity contribution in [3.8, 4) is 0 Å². The van der Waals surface area contributed by atoms with Gasteiger partial charge in [-0.15, -0.1) is 12.4 Å². The molecule has 0 aromatic heterocycles. The zero-order valence-electron chi connectivity index (χ0n) is 13.7. The van der Waals surface area contributed by atoms with Crippen LogP contribution in [0.15, 0.2) is 24.3 Å². The highest BCUT2D eigenvalue weighted by molar-refractivity contribution is 6.30. The third kappa shape index (κ3) is 4.15. The molecule has 2 rings (SSSR count). The van der Waals surface area contributed by atoms with Gasteiger partial charge in [0.1, 0.15) is 0 Å². The molecule has 3 unspecified atom stereocenters. The van der Waals surface area contributed by atoms with Crippen molar-refractivity contribution in [3.05, 3.63) is 34.9 Å². The number of rotatable bonds is 5. The first-order valence-electron chi connectivity index (χ1n) is 7.64. The smallest absolute Gasteiger partial charge is 0.225 e. The monoisotopic (exact) mass is 344 g/mol. The summed E-state index contributed by atoms with van der Waals surface area (Å²) in [6.07, 6.45) is 0. The van der Waals surface area contributed by atoms with Crippen LogP contribution in [-0.2, 0) is 4.79 Å². The summed E-state index contributed by atoms with van der Waals surface area (Å²) in [6.45, 7) is 8.24. The molecule has 1 N–H and O–H groups in total. The van der Waals surface area contributed by atoms with Gasteiger partial charge in [0.25, 0.3) is 0 Å². The van der Waals surface area contributed by atoms with Crippen LogP contribution in [0.2, 0.25) is 5.02 Å². The van der Waals surface area contributed by atoms with Crippen LogP contribution in [0.4, 0.5) is 0 Å². The van der Waals surface area contributed by atoms with Crippen molar-refractivity contribution in [2.75, 3.05) is 20.1 Å². The summed E-state index contributed by atoms with van der Waals surface area (Å²) in [6, 6.07) is 8.06. The maximum absolute atomic E-state index is 12.6. The lowest BCUT2D eigenvalue weighted by Gasteiger charge is -2.37. The fraction of sp³-hybridized carbons (Fsp3) is 0.588. The minimum absolute atomic E-state index is 0. The number of nitrogens with zero attached hydrogens (tertiary/aromatic N) is 1. The van der Waals surface area contributed by atoms with Crippen molar-refractivity contribution in [2.45, 2.75) is 32.7 Å². The molecule has 0 saturated carbocycles. The number of carbonyl (C=O) groups excluding carboxylic acids is 1. The van der Waals surface area contributed by atoms with Gasteiger partial charge >= 0.3 is 0 Å². The Morgan fingerprint density at radius 1 is 1.23 bits per heavy atom. The van der Waals surface area contributed by atoms with Crippen molar-refractivity contribution >= 4 is 29.9 Å². The number of carbonyl (C=O) groups is 1. The molecule has 1 fully saturated rings. The first-order chi connectivity index (χ1) is 9.91. The highest BCUT2D eigenvalue weighted by atomic mass is 35.5. The highest BCUT2D eigenvalue weighted by Gasteiger charge is 2.33. The molecule has 1 saturated heterocycles. The van der Waals surface area contributed by atoms with Crippen molar-refractivity contribution in [1.82, 2.24) is 10.2 Å². The predicted molar refractivity (Wildman–Crippen MR) is 94.9 cm³/mol. The third-order valence-electron chi connectivity index (χ3n) is 4.99. The largest absolute Gasteiger partial charge is 0.342 e. The average Bonchev–Trinajstić information content (AvgIpc) is 2.43. The summed E-state index contributed by atoms with van der Waals surface area (Å²) in [5, 5.41) is 3.98. The van der Waals surface area contributed by atoms with E-state index in [0.29, 0.717) is 5.92 Å².